The van der Waals surface area contributed by atoms with Crippen molar-refractivity contribution in [2.75, 3.05) is 0 Å². The Morgan fingerprint density at radius 3 is 1.29 bits per heavy atom. The fourth-order valence-corrected chi connectivity index (χ4v) is 0.873. The molecule has 0 aromatic heterocycles. The van der Waals surface area contributed by atoms with Gasteiger partial charge in [0.25, 0.3) is 0 Å². The third-order valence-electron chi connectivity index (χ3n) is 2.12. The van der Waals surface area contributed by atoms with Crippen molar-refractivity contribution in [3.8, 4) is 0 Å². The SMILES string of the molecule is CCCC.CCCCC(=O)CCCC. The smallest absolute Gasteiger partial charge is 0.132 e. The predicted octanol–water partition coefficient (Wildman–Crippen LogP) is 4.74. The summed E-state index contributed by atoms with van der Waals surface area (Å²) >= 11 is 0. The van der Waals surface area contributed by atoms with Crippen LogP contribution >= 0.6 is 0 Å². The average Bonchev–Trinajstić information content (AvgIpc) is 2.23. The van der Waals surface area contributed by atoms with Crippen LogP contribution in [-0.4, -0.2) is 5.78 Å². The molecule has 0 rings (SSSR count). The number of carbonyl (C=O) groups is 1. The topological polar surface area (TPSA) is 17.1 Å². The summed E-state index contributed by atoms with van der Waals surface area (Å²) in [5.41, 5.74) is 0. The highest BCUT2D eigenvalue weighted by Crippen LogP contribution is 2.02. The van der Waals surface area contributed by atoms with Gasteiger partial charge in [-0.1, -0.05) is 53.4 Å². The van der Waals surface area contributed by atoms with Crippen molar-refractivity contribution in [3.05, 3.63) is 0 Å². The molecule has 0 aliphatic heterocycles. The van der Waals surface area contributed by atoms with Crippen molar-refractivity contribution in [2.24, 2.45) is 0 Å². The average molecular weight is 200 g/mol. The van der Waals surface area contributed by atoms with E-state index in [0.717, 1.165) is 38.5 Å². The molecule has 1 heteroatoms. The summed E-state index contributed by atoms with van der Waals surface area (Å²) < 4.78 is 0. The van der Waals surface area contributed by atoms with Crippen molar-refractivity contribution in [1.82, 2.24) is 0 Å². The molecule has 0 aliphatic carbocycles. The number of carbonyl (C=O) groups excluding carboxylic acids is 1. The first-order valence-electron chi connectivity index (χ1n) is 6.24. The number of ketones is 1. The first kappa shape index (κ1) is 16.1. The van der Waals surface area contributed by atoms with E-state index in [2.05, 4.69) is 27.7 Å². The van der Waals surface area contributed by atoms with E-state index in [-0.39, 0.29) is 0 Å². The molecule has 0 saturated carbocycles. The van der Waals surface area contributed by atoms with Crippen LogP contribution in [0.1, 0.15) is 79.1 Å². The molecule has 0 fully saturated rings. The molecule has 0 bridgehead atoms. The third-order valence-corrected chi connectivity index (χ3v) is 2.12. The van der Waals surface area contributed by atoms with Gasteiger partial charge >= 0.3 is 0 Å². The van der Waals surface area contributed by atoms with E-state index in [1.165, 1.54) is 12.8 Å². The molecule has 0 unspecified atom stereocenters. The first-order valence-corrected chi connectivity index (χ1v) is 6.24. The van der Waals surface area contributed by atoms with E-state index in [1.807, 2.05) is 0 Å². The van der Waals surface area contributed by atoms with Gasteiger partial charge in [0.05, 0.1) is 0 Å². The second kappa shape index (κ2) is 15.2. The molecule has 86 valence electrons. The Morgan fingerprint density at radius 2 is 1.07 bits per heavy atom. The largest absolute Gasteiger partial charge is 0.300 e. The standard InChI is InChI=1S/C9H18O.C4H10/c1-3-5-7-9(10)8-6-4-2;1-3-4-2/h3-8H2,1-2H3;3-4H2,1-2H3. The van der Waals surface area contributed by atoms with E-state index >= 15 is 0 Å². The summed E-state index contributed by atoms with van der Waals surface area (Å²) in [6.45, 7) is 8.60. The van der Waals surface area contributed by atoms with Crippen LogP contribution in [0.5, 0.6) is 0 Å². The Morgan fingerprint density at radius 1 is 0.714 bits per heavy atom. The zero-order chi connectivity index (χ0) is 11.2. The second-order valence-corrected chi connectivity index (χ2v) is 3.75. The minimum absolute atomic E-state index is 0.448. The zero-order valence-electron chi connectivity index (χ0n) is 10.6. The first-order chi connectivity index (χ1) is 6.72. The summed E-state index contributed by atoms with van der Waals surface area (Å²) in [5, 5.41) is 0. The number of unbranched alkanes of at least 4 members (excludes halogenated alkanes) is 3. The summed E-state index contributed by atoms with van der Waals surface area (Å²) in [5.74, 6) is 0.448. The van der Waals surface area contributed by atoms with E-state index < -0.39 is 0 Å². The van der Waals surface area contributed by atoms with E-state index in [1.54, 1.807) is 0 Å². The van der Waals surface area contributed by atoms with Crippen LogP contribution in [0.2, 0.25) is 0 Å². The lowest BCUT2D eigenvalue weighted by Gasteiger charge is -1.96. The van der Waals surface area contributed by atoms with Crippen LogP contribution in [0.25, 0.3) is 0 Å². The van der Waals surface area contributed by atoms with Crippen LogP contribution in [0.15, 0.2) is 0 Å². The highest BCUT2D eigenvalue weighted by molar-refractivity contribution is 5.78. The maximum absolute atomic E-state index is 11.0. The second-order valence-electron chi connectivity index (χ2n) is 3.75. The third kappa shape index (κ3) is 17.7. The summed E-state index contributed by atoms with van der Waals surface area (Å²) in [6, 6.07) is 0. The molecule has 0 spiro atoms. The van der Waals surface area contributed by atoms with E-state index in [4.69, 9.17) is 0 Å². The monoisotopic (exact) mass is 200 g/mol. The van der Waals surface area contributed by atoms with E-state index in [9.17, 15) is 4.79 Å². The van der Waals surface area contributed by atoms with Crippen molar-refractivity contribution in [3.63, 3.8) is 0 Å². The Kier molecular flexibility index (Phi) is 17.4. The zero-order valence-corrected chi connectivity index (χ0v) is 10.6. The maximum Gasteiger partial charge on any atom is 0.132 e. The minimum Gasteiger partial charge on any atom is -0.300 e. The van der Waals surface area contributed by atoms with Crippen molar-refractivity contribution in [2.45, 2.75) is 79.1 Å². The molecule has 0 radical (unpaired) electrons. The molecule has 0 saturated heterocycles. The molecular weight excluding hydrogens is 172 g/mol. The molecule has 0 aliphatic rings. The molecule has 0 atom stereocenters. The van der Waals surface area contributed by atoms with Crippen LogP contribution in [0.4, 0.5) is 0 Å². The van der Waals surface area contributed by atoms with Crippen LogP contribution in [0, 0.1) is 0 Å². The van der Waals surface area contributed by atoms with Gasteiger partial charge in [-0.05, 0) is 12.8 Å². The number of rotatable bonds is 7. The molecule has 0 N–H and O–H groups in total. The maximum atomic E-state index is 11.0. The van der Waals surface area contributed by atoms with Gasteiger partial charge in [-0.25, -0.2) is 0 Å². The molecular formula is C13H28O. The molecule has 1 nitrogen and oxygen atoms in total. The minimum atomic E-state index is 0.448. The fraction of sp³-hybridized carbons (Fsp3) is 0.923. The molecule has 0 aromatic rings. The Balaban J connectivity index is 0. The summed E-state index contributed by atoms with van der Waals surface area (Å²) in [6.07, 6.45) is 8.66. The van der Waals surface area contributed by atoms with Crippen molar-refractivity contribution >= 4 is 5.78 Å². The van der Waals surface area contributed by atoms with Gasteiger partial charge in [0.2, 0.25) is 0 Å². The van der Waals surface area contributed by atoms with Gasteiger partial charge in [0.1, 0.15) is 5.78 Å². The van der Waals surface area contributed by atoms with E-state index in [0.29, 0.717) is 5.78 Å². The Labute approximate surface area is 90.3 Å². The highest BCUT2D eigenvalue weighted by atomic mass is 16.1. The summed E-state index contributed by atoms with van der Waals surface area (Å²) in [7, 11) is 0. The Hall–Kier alpha value is -0.330. The predicted molar refractivity (Wildman–Crippen MR) is 64.6 cm³/mol. The van der Waals surface area contributed by atoms with Crippen LogP contribution in [0.3, 0.4) is 0 Å². The van der Waals surface area contributed by atoms with Gasteiger partial charge in [-0.15, -0.1) is 0 Å². The lowest BCUT2D eigenvalue weighted by Crippen LogP contribution is -1.96. The van der Waals surface area contributed by atoms with Crippen LogP contribution in [-0.2, 0) is 4.79 Å². The van der Waals surface area contributed by atoms with Gasteiger partial charge < -0.3 is 0 Å². The van der Waals surface area contributed by atoms with Crippen molar-refractivity contribution in [1.29, 1.82) is 0 Å². The van der Waals surface area contributed by atoms with Gasteiger partial charge in [0.15, 0.2) is 0 Å². The normalized spacial score (nSPS) is 9.14. The fourth-order valence-electron chi connectivity index (χ4n) is 0.873. The molecule has 14 heavy (non-hydrogen) atoms. The van der Waals surface area contributed by atoms with Gasteiger partial charge in [-0.2, -0.15) is 0 Å². The quantitative estimate of drug-likeness (QED) is 0.580. The molecule has 0 heterocycles. The summed E-state index contributed by atoms with van der Waals surface area (Å²) in [4.78, 5) is 11.0. The molecule has 0 aromatic carbocycles. The number of hydrogen-bond acceptors (Lipinski definition) is 1. The number of Topliss-reactive ketones (excluding diaryl/α,β-unsaturated/α-hetero) is 1. The Bertz CT molecular complexity index is 95.8. The lowest BCUT2D eigenvalue weighted by molar-refractivity contribution is -0.119. The van der Waals surface area contributed by atoms with Gasteiger partial charge in [0, 0.05) is 12.8 Å². The molecule has 0 amide bonds. The van der Waals surface area contributed by atoms with Crippen molar-refractivity contribution < 1.29 is 4.79 Å². The highest BCUT2D eigenvalue weighted by Gasteiger charge is 1.98. The van der Waals surface area contributed by atoms with Crippen LogP contribution < -0.4 is 0 Å². The number of hydrogen-bond donors (Lipinski definition) is 0. The lowest BCUT2D eigenvalue weighted by atomic mass is 10.1. The van der Waals surface area contributed by atoms with Gasteiger partial charge in [-0.3, -0.25) is 4.79 Å².